The lowest BCUT2D eigenvalue weighted by Crippen LogP contribution is -2.15. The van der Waals surface area contributed by atoms with Gasteiger partial charge < -0.3 is 0 Å². The number of rotatable bonds is 3. The molecule has 0 spiro atoms. The Balaban J connectivity index is 2.91. The fraction of sp³-hybridized carbons (Fsp3) is 0.417. The van der Waals surface area contributed by atoms with Gasteiger partial charge in [-0.25, -0.2) is 4.39 Å². The van der Waals surface area contributed by atoms with Crippen molar-refractivity contribution in [3.63, 3.8) is 0 Å². The summed E-state index contributed by atoms with van der Waals surface area (Å²) in [7, 11) is 0. The zero-order valence-corrected chi connectivity index (χ0v) is 9.61. The van der Waals surface area contributed by atoms with Crippen LogP contribution in [0.5, 0.6) is 0 Å². The lowest BCUT2D eigenvalue weighted by Gasteiger charge is -2.19. The van der Waals surface area contributed by atoms with E-state index in [-0.39, 0.29) is 5.02 Å². The van der Waals surface area contributed by atoms with E-state index < -0.39 is 11.2 Å². The van der Waals surface area contributed by atoms with Gasteiger partial charge in [-0.15, -0.1) is 0 Å². The van der Waals surface area contributed by atoms with Crippen LogP contribution < -0.4 is 0 Å². The normalized spacial score (nSPS) is 14.3. The van der Waals surface area contributed by atoms with Crippen LogP contribution in [0, 0.1) is 22.6 Å². The van der Waals surface area contributed by atoms with Crippen molar-refractivity contribution in [3.05, 3.63) is 34.6 Å². The van der Waals surface area contributed by atoms with Crippen molar-refractivity contribution in [2.45, 2.75) is 26.7 Å². The van der Waals surface area contributed by atoms with Gasteiger partial charge in [-0.3, -0.25) is 0 Å². The van der Waals surface area contributed by atoms with Gasteiger partial charge in [-0.1, -0.05) is 24.6 Å². The van der Waals surface area contributed by atoms with Crippen molar-refractivity contribution < 1.29 is 4.39 Å². The number of halogens is 2. The number of nitrogens with zero attached hydrogens (tertiary/aromatic N) is 1. The molecule has 0 fully saturated rings. The van der Waals surface area contributed by atoms with Gasteiger partial charge in [0.25, 0.3) is 0 Å². The zero-order valence-electron chi connectivity index (χ0n) is 8.85. The molecule has 0 saturated heterocycles. The maximum atomic E-state index is 12.9. The molecule has 1 rings (SSSR count). The van der Waals surface area contributed by atoms with Crippen molar-refractivity contribution in [3.8, 4) is 6.07 Å². The Morgan fingerprint density at radius 3 is 2.67 bits per heavy atom. The van der Waals surface area contributed by atoms with Crippen molar-refractivity contribution in [1.82, 2.24) is 0 Å². The summed E-state index contributed by atoms with van der Waals surface area (Å²) in [5.41, 5.74) is 0.494. The van der Waals surface area contributed by atoms with Gasteiger partial charge in [0.1, 0.15) is 5.82 Å². The fourth-order valence-corrected chi connectivity index (χ4v) is 1.55. The molecule has 15 heavy (non-hydrogen) atoms. The third kappa shape index (κ3) is 2.94. The van der Waals surface area contributed by atoms with Crippen LogP contribution in [-0.4, -0.2) is 0 Å². The number of hydrogen-bond acceptors (Lipinski definition) is 1. The Labute approximate surface area is 94.5 Å². The number of hydrogen-bond donors (Lipinski definition) is 0. The van der Waals surface area contributed by atoms with Crippen molar-refractivity contribution in [2.75, 3.05) is 0 Å². The summed E-state index contributed by atoms with van der Waals surface area (Å²) in [5, 5.41) is 9.13. The summed E-state index contributed by atoms with van der Waals surface area (Å²) in [6.07, 6.45) is 1.36. The van der Waals surface area contributed by atoms with Crippen LogP contribution in [-0.2, 0) is 6.42 Å². The molecule has 1 unspecified atom stereocenters. The second-order valence-corrected chi connectivity index (χ2v) is 4.36. The van der Waals surface area contributed by atoms with E-state index in [1.54, 1.807) is 12.1 Å². The minimum atomic E-state index is -0.421. The van der Waals surface area contributed by atoms with Crippen LogP contribution in [0.3, 0.4) is 0 Å². The predicted octanol–water partition coefficient (Wildman–Crippen LogP) is 3.96. The van der Waals surface area contributed by atoms with E-state index in [1.165, 1.54) is 6.07 Å². The number of benzene rings is 1. The lowest BCUT2D eigenvalue weighted by atomic mass is 9.83. The second-order valence-electron chi connectivity index (χ2n) is 3.95. The van der Waals surface area contributed by atoms with E-state index in [0.717, 1.165) is 12.0 Å². The quantitative estimate of drug-likeness (QED) is 0.764. The molecule has 3 heteroatoms. The van der Waals surface area contributed by atoms with Gasteiger partial charge in [0.2, 0.25) is 0 Å². The SMILES string of the molecule is CCC(C)(C#N)Cc1ccc(F)c(Cl)c1. The lowest BCUT2D eigenvalue weighted by molar-refractivity contribution is 0.422. The van der Waals surface area contributed by atoms with Gasteiger partial charge in [-0.05, 0) is 37.5 Å². The molecule has 1 aromatic carbocycles. The summed E-state index contributed by atoms with van der Waals surface area (Å²) >= 11 is 5.67. The highest BCUT2D eigenvalue weighted by Crippen LogP contribution is 2.27. The van der Waals surface area contributed by atoms with E-state index in [0.29, 0.717) is 6.42 Å². The Morgan fingerprint density at radius 2 is 2.20 bits per heavy atom. The van der Waals surface area contributed by atoms with Gasteiger partial charge in [0.15, 0.2) is 0 Å². The second kappa shape index (κ2) is 4.63. The molecule has 0 aromatic heterocycles. The molecular formula is C12H13ClFN. The minimum Gasteiger partial charge on any atom is -0.205 e. The first-order chi connectivity index (χ1) is 7.00. The first-order valence-electron chi connectivity index (χ1n) is 4.86. The maximum Gasteiger partial charge on any atom is 0.141 e. The van der Waals surface area contributed by atoms with E-state index >= 15 is 0 Å². The summed E-state index contributed by atoms with van der Waals surface area (Å²) in [4.78, 5) is 0. The van der Waals surface area contributed by atoms with E-state index in [4.69, 9.17) is 16.9 Å². The standard InChI is InChI=1S/C12H13ClFN/c1-3-12(2,8-15)7-9-4-5-11(14)10(13)6-9/h4-6H,3,7H2,1-2H3. The van der Waals surface area contributed by atoms with Crippen molar-refractivity contribution >= 4 is 11.6 Å². The summed E-state index contributed by atoms with van der Waals surface area (Å²) in [6, 6.07) is 6.87. The molecule has 0 saturated carbocycles. The molecule has 0 aliphatic rings. The Bertz CT molecular complexity index is 397. The van der Waals surface area contributed by atoms with E-state index in [1.807, 2.05) is 13.8 Å². The first kappa shape index (κ1) is 12.0. The molecule has 80 valence electrons. The average Bonchev–Trinajstić information content (AvgIpc) is 2.23. The minimum absolute atomic E-state index is 0.115. The van der Waals surface area contributed by atoms with Crippen LogP contribution in [0.2, 0.25) is 5.02 Å². The Kier molecular flexibility index (Phi) is 3.71. The highest BCUT2D eigenvalue weighted by molar-refractivity contribution is 6.30. The van der Waals surface area contributed by atoms with Gasteiger partial charge in [0.05, 0.1) is 16.5 Å². The Hall–Kier alpha value is -1.07. The zero-order chi connectivity index (χ0) is 11.5. The maximum absolute atomic E-state index is 12.9. The van der Waals surface area contributed by atoms with Crippen LogP contribution >= 0.6 is 11.6 Å². The third-order valence-corrected chi connectivity index (χ3v) is 2.92. The summed E-state index contributed by atoms with van der Waals surface area (Å²) in [5.74, 6) is -0.421. The third-order valence-electron chi connectivity index (χ3n) is 2.63. The molecule has 0 N–H and O–H groups in total. The highest BCUT2D eigenvalue weighted by Gasteiger charge is 2.22. The van der Waals surface area contributed by atoms with E-state index in [2.05, 4.69) is 6.07 Å². The highest BCUT2D eigenvalue weighted by atomic mass is 35.5. The van der Waals surface area contributed by atoms with Crippen LogP contribution in [0.4, 0.5) is 4.39 Å². The first-order valence-corrected chi connectivity index (χ1v) is 5.24. The molecule has 1 nitrogen and oxygen atoms in total. The molecule has 1 atom stereocenters. The van der Waals surface area contributed by atoms with Crippen LogP contribution in [0.15, 0.2) is 18.2 Å². The van der Waals surface area contributed by atoms with Gasteiger partial charge >= 0.3 is 0 Å². The fourth-order valence-electron chi connectivity index (χ4n) is 1.34. The molecule has 0 aliphatic carbocycles. The van der Waals surface area contributed by atoms with E-state index in [9.17, 15) is 4.39 Å². The van der Waals surface area contributed by atoms with Gasteiger partial charge in [-0.2, -0.15) is 5.26 Å². The molecule has 0 bridgehead atoms. The average molecular weight is 226 g/mol. The van der Waals surface area contributed by atoms with Gasteiger partial charge in [0, 0.05) is 0 Å². The monoisotopic (exact) mass is 225 g/mol. The molecular weight excluding hydrogens is 213 g/mol. The summed E-state index contributed by atoms with van der Waals surface area (Å²) in [6.45, 7) is 3.86. The molecule has 0 heterocycles. The van der Waals surface area contributed by atoms with Crippen LogP contribution in [0.1, 0.15) is 25.8 Å². The van der Waals surface area contributed by atoms with Crippen LogP contribution in [0.25, 0.3) is 0 Å². The topological polar surface area (TPSA) is 23.8 Å². The predicted molar refractivity (Wildman–Crippen MR) is 59.1 cm³/mol. The van der Waals surface area contributed by atoms with Crippen molar-refractivity contribution in [1.29, 1.82) is 5.26 Å². The summed E-state index contributed by atoms with van der Waals surface area (Å²) < 4.78 is 12.9. The van der Waals surface area contributed by atoms with Crippen molar-refractivity contribution in [2.24, 2.45) is 5.41 Å². The largest absolute Gasteiger partial charge is 0.205 e. The molecule has 1 aromatic rings. The molecule has 0 radical (unpaired) electrons. The Morgan fingerprint density at radius 1 is 1.53 bits per heavy atom. The number of nitriles is 1. The molecule has 0 aliphatic heterocycles. The smallest absolute Gasteiger partial charge is 0.141 e. The molecule has 0 amide bonds.